The van der Waals surface area contributed by atoms with Crippen LogP contribution in [0.15, 0.2) is 46.5 Å². The van der Waals surface area contributed by atoms with Gasteiger partial charge in [0.15, 0.2) is 0 Å². The Balaban J connectivity index is 2.24. The van der Waals surface area contributed by atoms with Crippen LogP contribution in [-0.4, -0.2) is 4.98 Å². The first-order valence-corrected chi connectivity index (χ1v) is 5.93. The summed E-state index contributed by atoms with van der Waals surface area (Å²) in [5.41, 5.74) is 8.81. The number of rotatable bonds is 2. The molecule has 0 saturated heterocycles. The van der Waals surface area contributed by atoms with Crippen molar-refractivity contribution in [3.63, 3.8) is 0 Å². The summed E-state index contributed by atoms with van der Waals surface area (Å²) in [5.74, 6) is 0. The Bertz CT molecular complexity index is 509. The topological polar surface area (TPSA) is 38.9 Å². The highest BCUT2D eigenvalue weighted by molar-refractivity contribution is 7.99. The van der Waals surface area contributed by atoms with Crippen molar-refractivity contribution in [2.24, 2.45) is 0 Å². The number of hydrogen-bond acceptors (Lipinski definition) is 3. The molecule has 0 amide bonds. The zero-order chi connectivity index (χ0) is 11.5. The molecule has 2 aromatic rings. The first kappa shape index (κ1) is 11.0. The van der Waals surface area contributed by atoms with Crippen molar-refractivity contribution >= 4 is 17.4 Å². The Hall–Kier alpha value is -1.48. The molecule has 16 heavy (non-hydrogen) atoms. The summed E-state index contributed by atoms with van der Waals surface area (Å²) in [7, 11) is 0. The monoisotopic (exact) mass is 230 g/mol. The lowest BCUT2D eigenvalue weighted by Gasteiger charge is -2.04. The van der Waals surface area contributed by atoms with Gasteiger partial charge >= 0.3 is 0 Å². The van der Waals surface area contributed by atoms with Gasteiger partial charge in [-0.15, -0.1) is 0 Å². The van der Waals surface area contributed by atoms with Gasteiger partial charge in [-0.2, -0.15) is 0 Å². The van der Waals surface area contributed by atoms with Crippen molar-refractivity contribution in [1.29, 1.82) is 0 Å². The number of hydrogen-bond donors (Lipinski definition) is 1. The molecule has 0 atom stereocenters. The fourth-order valence-corrected chi connectivity index (χ4v) is 2.37. The summed E-state index contributed by atoms with van der Waals surface area (Å²) in [6, 6.07) is 10.4. The van der Waals surface area contributed by atoms with E-state index in [1.54, 1.807) is 18.0 Å². The van der Waals surface area contributed by atoms with E-state index >= 15 is 0 Å². The molecule has 0 unspecified atom stereocenters. The third kappa shape index (κ3) is 2.55. The maximum absolute atomic E-state index is 5.73. The lowest BCUT2D eigenvalue weighted by atomic mass is 10.2. The van der Waals surface area contributed by atoms with Crippen LogP contribution < -0.4 is 5.73 Å². The fraction of sp³-hybridized carbons (Fsp3) is 0.154. The first-order valence-electron chi connectivity index (χ1n) is 5.12. The SMILES string of the molecule is Cc1cccc(Sc2cc(C)c(N)cn2)c1. The lowest BCUT2D eigenvalue weighted by molar-refractivity contribution is 1.11. The normalized spacial score (nSPS) is 10.4. The van der Waals surface area contributed by atoms with Crippen LogP contribution in [-0.2, 0) is 0 Å². The van der Waals surface area contributed by atoms with E-state index < -0.39 is 0 Å². The van der Waals surface area contributed by atoms with E-state index in [0.717, 1.165) is 16.3 Å². The summed E-state index contributed by atoms with van der Waals surface area (Å²) in [5, 5.41) is 0.984. The smallest absolute Gasteiger partial charge is 0.101 e. The third-order valence-electron chi connectivity index (χ3n) is 2.34. The molecule has 3 heteroatoms. The minimum absolute atomic E-state index is 0.744. The second kappa shape index (κ2) is 4.58. The predicted octanol–water partition coefficient (Wildman–Crippen LogP) is 3.43. The van der Waals surface area contributed by atoms with Gasteiger partial charge in [0.2, 0.25) is 0 Å². The van der Waals surface area contributed by atoms with E-state index in [9.17, 15) is 0 Å². The highest BCUT2D eigenvalue weighted by Crippen LogP contribution is 2.27. The van der Waals surface area contributed by atoms with Crippen LogP contribution >= 0.6 is 11.8 Å². The van der Waals surface area contributed by atoms with Crippen molar-refractivity contribution < 1.29 is 0 Å². The molecule has 1 aromatic heterocycles. The molecule has 0 saturated carbocycles. The molecule has 2 nitrogen and oxygen atoms in total. The number of pyridine rings is 1. The van der Waals surface area contributed by atoms with Gasteiger partial charge < -0.3 is 5.73 Å². The summed E-state index contributed by atoms with van der Waals surface area (Å²) in [6.45, 7) is 4.09. The number of aromatic nitrogens is 1. The van der Waals surface area contributed by atoms with Crippen molar-refractivity contribution in [3.8, 4) is 0 Å². The largest absolute Gasteiger partial charge is 0.397 e. The summed E-state index contributed by atoms with van der Waals surface area (Å²) < 4.78 is 0. The standard InChI is InChI=1S/C13H14N2S/c1-9-4-3-5-11(6-9)16-13-7-10(2)12(14)8-15-13/h3-8H,14H2,1-2H3. The Morgan fingerprint density at radius 1 is 1.19 bits per heavy atom. The Morgan fingerprint density at radius 3 is 2.69 bits per heavy atom. The van der Waals surface area contributed by atoms with Gasteiger partial charge in [-0.1, -0.05) is 29.5 Å². The van der Waals surface area contributed by atoms with E-state index in [1.807, 2.05) is 13.0 Å². The molecule has 0 aliphatic rings. The fourth-order valence-electron chi connectivity index (χ4n) is 1.40. The number of nitrogens with two attached hydrogens (primary N) is 1. The molecule has 0 radical (unpaired) electrons. The highest BCUT2D eigenvalue weighted by Gasteiger charge is 2.01. The second-order valence-corrected chi connectivity index (χ2v) is 4.89. The van der Waals surface area contributed by atoms with Gasteiger partial charge in [-0.25, -0.2) is 4.98 Å². The van der Waals surface area contributed by atoms with Crippen molar-refractivity contribution in [2.75, 3.05) is 5.73 Å². The van der Waals surface area contributed by atoms with Gasteiger partial charge in [-0.05, 0) is 37.6 Å². The van der Waals surface area contributed by atoms with Gasteiger partial charge in [-0.3, -0.25) is 0 Å². The minimum Gasteiger partial charge on any atom is -0.397 e. The van der Waals surface area contributed by atoms with Crippen molar-refractivity contribution in [3.05, 3.63) is 47.7 Å². The van der Waals surface area contributed by atoms with Gasteiger partial charge in [0.1, 0.15) is 5.03 Å². The van der Waals surface area contributed by atoms with E-state index in [4.69, 9.17) is 5.73 Å². The second-order valence-electron chi connectivity index (χ2n) is 3.80. The number of nitrogen functional groups attached to an aromatic ring is 1. The van der Waals surface area contributed by atoms with E-state index in [0.29, 0.717) is 0 Å². The van der Waals surface area contributed by atoms with Gasteiger partial charge in [0, 0.05) is 4.90 Å². The maximum Gasteiger partial charge on any atom is 0.101 e. The zero-order valence-electron chi connectivity index (χ0n) is 9.40. The molecule has 0 fully saturated rings. The number of nitrogens with zero attached hydrogens (tertiary/aromatic N) is 1. The molecule has 2 rings (SSSR count). The van der Waals surface area contributed by atoms with Crippen LogP contribution in [0.3, 0.4) is 0 Å². The van der Waals surface area contributed by atoms with Crippen LogP contribution in [0.4, 0.5) is 5.69 Å². The van der Waals surface area contributed by atoms with E-state index in [-0.39, 0.29) is 0 Å². The maximum atomic E-state index is 5.73. The lowest BCUT2D eigenvalue weighted by Crippen LogP contribution is -1.91. The molecule has 0 aliphatic heterocycles. The Kier molecular flexibility index (Phi) is 3.15. The average molecular weight is 230 g/mol. The Morgan fingerprint density at radius 2 is 2.00 bits per heavy atom. The molecular weight excluding hydrogens is 216 g/mol. The predicted molar refractivity (Wildman–Crippen MR) is 68.7 cm³/mol. The molecule has 2 N–H and O–H groups in total. The summed E-state index contributed by atoms with van der Waals surface area (Å²) in [4.78, 5) is 5.51. The summed E-state index contributed by atoms with van der Waals surface area (Å²) >= 11 is 1.66. The Labute approximate surface area is 99.9 Å². The minimum atomic E-state index is 0.744. The third-order valence-corrected chi connectivity index (χ3v) is 3.26. The molecular formula is C13H14N2S. The quantitative estimate of drug-likeness (QED) is 0.859. The van der Waals surface area contributed by atoms with Crippen LogP contribution in [0.1, 0.15) is 11.1 Å². The van der Waals surface area contributed by atoms with Crippen molar-refractivity contribution in [1.82, 2.24) is 4.98 Å². The molecule has 0 bridgehead atoms. The number of aryl methyl sites for hydroxylation is 2. The first-order chi connectivity index (χ1) is 7.65. The van der Waals surface area contributed by atoms with Crippen LogP contribution in [0, 0.1) is 13.8 Å². The van der Waals surface area contributed by atoms with Crippen LogP contribution in [0.25, 0.3) is 0 Å². The number of benzene rings is 1. The van der Waals surface area contributed by atoms with Crippen LogP contribution in [0.2, 0.25) is 0 Å². The van der Waals surface area contributed by atoms with Crippen molar-refractivity contribution in [2.45, 2.75) is 23.8 Å². The van der Waals surface area contributed by atoms with E-state index in [1.165, 1.54) is 10.5 Å². The molecule has 0 spiro atoms. The molecule has 82 valence electrons. The van der Waals surface area contributed by atoms with Crippen LogP contribution in [0.5, 0.6) is 0 Å². The van der Waals surface area contributed by atoms with E-state index in [2.05, 4.69) is 36.2 Å². The molecule has 1 heterocycles. The average Bonchev–Trinajstić information content (AvgIpc) is 2.24. The highest BCUT2D eigenvalue weighted by atomic mass is 32.2. The molecule has 1 aromatic carbocycles. The molecule has 0 aliphatic carbocycles. The zero-order valence-corrected chi connectivity index (χ0v) is 10.2. The van der Waals surface area contributed by atoms with Gasteiger partial charge in [0.25, 0.3) is 0 Å². The van der Waals surface area contributed by atoms with Gasteiger partial charge in [0.05, 0.1) is 11.9 Å². The summed E-state index contributed by atoms with van der Waals surface area (Å²) in [6.07, 6.45) is 1.72. The number of anilines is 1.